The Morgan fingerprint density at radius 3 is 2.10 bits per heavy atom. The van der Waals surface area contributed by atoms with Crippen LogP contribution in [0.3, 0.4) is 0 Å². The van der Waals surface area contributed by atoms with Gasteiger partial charge in [0.15, 0.2) is 0 Å². The van der Waals surface area contributed by atoms with Gasteiger partial charge in [0.1, 0.15) is 11.0 Å². The van der Waals surface area contributed by atoms with Crippen molar-refractivity contribution in [1.29, 1.82) is 0 Å². The molecular weight excluding hydrogens is 400 g/mol. The maximum atomic E-state index is 5.08. The standard InChI is InChI=1S/C26H20N4S/c1-17-5-10-20(11-6-17)23-22(14-9-19-4-3-15-27-16-19)28-24(26-25(23)29-31-30-26)21-12-7-18(2)8-13-21/h3-16H,1-2H3/b14-9+. The van der Waals surface area contributed by atoms with E-state index in [9.17, 15) is 0 Å². The Hall–Kier alpha value is -3.70. The summed E-state index contributed by atoms with van der Waals surface area (Å²) in [6.07, 6.45) is 7.70. The van der Waals surface area contributed by atoms with Gasteiger partial charge < -0.3 is 0 Å². The Morgan fingerprint density at radius 1 is 0.742 bits per heavy atom. The quantitative estimate of drug-likeness (QED) is 0.328. The Kier molecular flexibility index (Phi) is 5.10. The van der Waals surface area contributed by atoms with E-state index in [4.69, 9.17) is 4.98 Å². The number of pyridine rings is 2. The lowest BCUT2D eigenvalue weighted by Crippen LogP contribution is -1.95. The number of rotatable bonds is 4. The zero-order chi connectivity index (χ0) is 21.2. The average molecular weight is 421 g/mol. The van der Waals surface area contributed by atoms with Crippen molar-refractivity contribution in [3.63, 3.8) is 0 Å². The summed E-state index contributed by atoms with van der Waals surface area (Å²) in [5, 5.41) is 0. The second-order valence-corrected chi connectivity index (χ2v) is 8.06. The summed E-state index contributed by atoms with van der Waals surface area (Å²) in [4.78, 5) is 9.29. The Labute approximate surface area is 185 Å². The van der Waals surface area contributed by atoms with Gasteiger partial charge in [-0.05, 0) is 37.1 Å². The molecule has 0 aliphatic rings. The molecule has 150 valence electrons. The molecule has 0 atom stereocenters. The van der Waals surface area contributed by atoms with Gasteiger partial charge in [-0.3, -0.25) is 4.98 Å². The smallest absolute Gasteiger partial charge is 0.131 e. The van der Waals surface area contributed by atoms with E-state index >= 15 is 0 Å². The summed E-state index contributed by atoms with van der Waals surface area (Å²) < 4.78 is 9.30. The fourth-order valence-electron chi connectivity index (χ4n) is 3.55. The molecule has 0 radical (unpaired) electrons. The van der Waals surface area contributed by atoms with Gasteiger partial charge in [-0.2, -0.15) is 8.75 Å². The van der Waals surface area contributed by atoms with E-state index in [1.54, 1.807) is 6.20 Å². The largest absolute Gasteiger partial charge is 0.264 e. The predicted molar refractivity (Wildman–Crippen MR) is 129 cm³/mol. The van der Waals surface area contributed by atoms with Crippen LogP contribution in [-0.4, -0.2) is 18.7 Å². The van der Waals surface area contributed by atoms with Gasteiger partial charge in [-0.15, -0.1) is 0 Å². The van der Waals surface area contributed by atoms with Crippen LogP contribution in [0.5, 0.6) is 0 Å². The highest BCUT2D eigenvalue weighted by Gasteiger charge is 2.19. The van der Waals surface area contributed by atoms with Gasteiger partial charge in [0.25, 0.3) is 0 Å². The maximum Gasteiger partial charge on any atom is 0.131 e. The van der Waals surface area contributed by atoms with Crippen LogP contribution < -0.4 is 0 Å². The van der Waals surface area contributed by atoms with Gasteiger partial charge >= 0.3 is 0 Å². The Bertz CT molecular complexity index is 1370. The third kappa shape index (κ3) is 3.88. The molecule has 0 unspecified atom stereocenters. The molecule has 0 saturated heterocycles. The monoisotopic (exact) mass is 420 g/mol. The van der Waals surface area contributed by atoms with Crippen LogP contribution in [0.4, 0.5) is 0 Å². The van der Waals surface area contributed by atoms with Gasteiger partial charge in [-0.1, -0.05) is 71.8 Å². The second kappa shape index (κ2) is 8.20. The highest BCUT2D eigenvalue weighted by molar-refractivity contribution is 7.00. The van der Waals surface area contributed by atoms with Gasteiger partial charge in [0.05, 0.1) is 23.1 Å². The van der Waals surface area contributed by atoms with Crippen LogP contribution >= 0.6 is 11.7 Å². The molecule has 0 spiro atoms. The fourth-order valence-corrected chi connectivity index (χ4v) is 4.10. The molecular formula is C26H20N4S. The van der Waals surface area contributed by atoms with E-state index < -0.39 is 0 Å². The van der Waals surface area contributed by atoms with Crippen LogP contribution in [0, 0.1) is 13.8 Å². The Balaban J connectivity index is 1.76. The highest BCUT2D eigenvalue weighted by Crippen LogP contribution is 2.36. The maximum absolute atomic E-state index is 5.08. The van der Waals surface area contributed by atoms with E-state index in [1.165, 1.54) is 22.9 Å². The zero-order valence-corrected chi connectivity index (χ0v) is 18.1. The van der Waals surface area contributed by atoms with Crippen molar-refractivity contribution in [1.82, 2.24) is 18.7 Å². The third-order valence-corrected chi connectivity index (χ3v) is 5.75. The molecule has 5 heteroatoms. The third-order valence-electron chi connectivity index (χ3n) is 5.22. The van der Waals surface area contributed by atoms with Crippen molar-refractivity contribution in [2.24, 2.45) is 0 Å². The molecule has 3 heterocycles. The van der Waals surface area contributed by atoms with E-state index in [0.29, 0.717) is 0 Å². The summed E-state index contributed by atoms with van der Waals surface area (Å²) >= 11 is 1.23. The molecule has 0 aliphatic carbocycles. The molecule has 0 fully saturated rings. The van der Waals surface area contributed by atoms with E-state index in [-0.39, 0.29) is 0 Å². The Morgan fingerprint density at radius 2 is 1.42 bits per heavy atom. The van der Waals surface area contributed by atoms with Gasteiger partial charge in [0.2, 0.25) is 0 Å². The molecule has 0 bridgehead atoms. The molecule has 0 aliphatic heterocycles. The van der Waals surface area contributed by atoms with E-state index in [2.05, 4.69) is 76.1 Å². The van der Waals surface area contributed by atoms with E-state index in [1.807, 2.05) is 30.5 Å². The van der Waals surface area contributed by atoms with Crippen LogP contribution in [-0.2, 0) is 0 Å². The number of hydrogen-bond donors (Lipinski definition) is 0. The molecule has 2 aromatic carbocycles. The van der Waals surface area contributed by atoms with Crippen molar-refractivity contribution in [2.75, 3.05) is 0 Å². The van der Waals surface area contributed by atoms with Crippen molar-refractivity contribution in [2.45, 2.75) is 13.8 Å². The minimum absolute atomic E-state index is 0.836. The first-order chi connectivity index (χ1) is 15.2. The normalized spacial score (nSPS) is 11.4. The molecule has 0 saturated carbocycles. The molecule has 0 N–H and O–H groups in total. The van der Waals surface area contributed by atoms with Crippen LogP contribution in [0.2, 0.25) is 0 Å². The molecule has 5 aromatic rings. The SMILES string of the molecule is Cc1ccc(-c2nc(/C=C/c3cccnc3)c(-c3ccc(C)cc3)c3nsnc23)cc1. The van der Waals surface area contributed by atoms with Crippen LogP contribution in [0.25, 0.3) is 45.6 Å². The average Bonchev–Trinajstić information content (AvgIpc) is 3.29. The number of aromatic nitrogens is 4. The zero-order valence-electron chi connectivity index (χ0n) is 17.3. The van der Waals surface area contributed by atoms with Crippen molar-refractivity contribution in [3.8, 4) is 22.4 Å². The first kappa shape index (κ1) is 19.3. The molecule has 3 aromatic heterocycles. The van der Waals surface area contributed by atoms with Crippen LogP contribution in [0.1, 0.15) is 22.4 Å². The van der Waals surface area contributed by atoms with Gasteiger partial charge in [0, 0.05) is 23.5 Å². The summed E-state index contributed by atoms with van der Waals surface area (Å²) in [5.74, 6) is 0. The highest BCUT2D eigenvalue weighted by atomic mass is 32.1. The van der Waals surface area contributed by atoms with Crippen molar-refractivity contribution in [3.05, 3.63) is 95.4 Å². The minimum atomic E-state index is 0.836. The van der Waals surface area contributed by atoms with E-state index in [0.717, 1.165) is 44.7 Å². The minimum Gasteiger partial charge on any atom is -0.264 e. The second-order valence-electron chi connectivity index (χ2n) is 7.53. The lowest BCUT2D eigenvalue weighted by atomic mass is 9.98. The fraction of sp³-hybridized carbons (Fsp3) is 0.0769. The number of aryl methyl sites for hydroxylation is 2. The predicted octanol–water partition coefficient (Wildman–Crippen LogP) is 6.60. The topological polar surface area (TPSA) is 51.6 Å². The van der Waals surface area contributed by atoms with Crippen LogP contribution in [0.15, 0.2) is 73.1 Å². The first-order valence-corrected chi connectivity index (χ1v) is 10.8. The lowest BCUT2D eigenvalue weighted by Gasteiger charge is -2.11. The van der Waals surface area contributed by atoms with Crippen molar-refractivity contribution < 1.29 is 0 Å². The summed E-state index contributed by atoms with van der Waals surface area (Å²) in [6, 6.07) is 20.8. The molecule has 5 rings (SSSR count). The number of fused-ring (bicyclic) bond motifs is 1. The summed E-state index contributed by atoms with van der Waals surface area (Å²) in [7, 11) is 0. The van der Waals surface area contributed by atoms with Crippen molar-refractivity contribution >= 4 is 34.9 Å². The summed E-state index contributed by atoms with van der Waals surface area (Å²) in [6.45, 7) is 4.17. The molecule has 4 nitrogen and oxygen atoms in total. The molecule has 0 amide bonds. The summed E-state index contributed by atoms with van der Waals surface area (Å²) in [5.41, 5.74) is 10.00. The molecule has 31 heavy (non-hydrogen) atoms. The lowest BCUT2D eigenvalue weighted by molar-refractivity contribution is 1.30. The number of benzene rings is 2. The number of hydrogen-bond acceptors (Lipinski definition) is 5. The number of nitrogens with zero attached hydrogens (tertiary/aromatic N) is 4. The van der Waals surface area contributed by atoms with Gasteiger partial charge in [-0.25, -0.2) is 4.98 Å². The first-order valence-electron chi connectivity index (χ1n) is 10.1.